The largest absolute Gasteiger partial charge is 0.508 e. The van der Waals surface area contributed by atoms with Crippen LogP contribution in [0.4, 0.5) is 4.79 Å². The van der Waals surface area contributed by atoms with Crippen molar-refractivity contribution in [2.75, 3.05) is 7.11 Å². The summed E-state index contributed by atoms with van der Waals surface area (Å²) in [6, 6.07) is 0. The van der Waals surface area contributed by atoms with E-state index < -0.39 is 11.8 Å². The third kappa shape index (κ3) is 5.27. The lowest BCUT2D eigenvalue weighted by Gasteiger charge is -2.42. The number of ether oxygens (including phenoxy) is 2. The molecule has 0 radical (unpaired) electrons. The molecule has 0 rings (SSSR count). The normalized spacial score (nSPS) is 13.6. The highest BCUT2D eigenvalue weighted by molar-refractivity contribution is 14.3. The predicted molar refractivity (Wildman–Crippen MR) is 111 cm³/mol. The van der Waals surface area contributed by atoms with E-state index in [1.165, 1.54) is 7.11 Å². The van der Waals surface area contributed by atoms with Crippen LogP contribution in [0.1, 0.15) is 6.92 Å². The zero-order valence-electron chi connectivity index (χ0n) is 7.49. The minimum atomic E-state index is -0.656. The molecule has 0 aromatic rings. The molecule has 0 unspecified atom stereocenters. The Labute approximate surface area is 171 Å². The van der Waals surface area contributed by atoms with E-state index in [0.29, 0.717) is 0 Å². The van der Waals surface area contributed by atoms with Crippen molar-refractivity contribution in [3.63, 3.8) is 0 Å². The molecule has 0 heterocycles. The Balaban J connectivity index is 5.15. The standard InChI is InChI=1S/C6H6I6O3/c1-4(5(7,8)9,6(10,11)12)15-3(13)14-2/h1-2H3. The minimum absolute atomic E-state index is 0.266. The molecule has 0 aliphatic heterocycles. The van der Waals surface area contributed by atoms with Crippen LogP contribution in [0, 0.1) is 0 Å². The van der Waals surface area contributed by atoms with Gasteiger partial charge in [-0.2, -0.15) is 0 Å². The summed E-state index contributed by atoms with van der Waals surface area (Å²) in [6.45, 7) is 1.90. The highest BCUT2D eigenvalue weighted by atomic mass is 127. The molecule has 0 aliphatic rings. The molecule has 9 heteroatoms. The van der Waals surface area contributed by atoms with Crippen LogP contribution in [0.15, 0.2) is 0 Å². The highest BCUT2D eigenvalue weighted by Crippen LogP contribution is 2.60. The van der Waals surface area contributed by atoms with Gasteiger partial charge in [0, 0.05) is 0 Å². The smallest absolute Gasteiger partial charge is 0.438 e. The number of carbonyl (C=O) groups excluding carboxylic acids is 1. The van der Waals surface area contributed by atoms with Crippen molar-refractivity contribution in [3.8, 4) is 0 Å². The summed E-state index contributed by atoms with van der Waals surface area (Å²) in [5.74, 6) is 0. The number of halogens is 6. The van der Waals surface area contributed by atoms with E-state index in [1.54, 1.807) is 0 Å². The third-order valence-corrected chi connectivity index (χ3v) is 7.71. The molecular formula is C6H6I6O3. The first kappa shape index (κ1) is 18.7. The Morgan fingerprint density at radius 2 is 1.33 bits per heavy atom. The molecule has 0 aromatic carbocycles. The van der Waals surface area contributed by atoms with Crippen molar-refractivity contribution in [2.24, 2.45) is 0 Å². The van der Waals surface area contributed by atoms with Gasteiger partial charge in [-0.05, 0) is 6.92 Å². The fraction of sp³-hybridized carbons (Fsp3) is 0.833. The van der Waals surface area contributed by atoms with Crippen molar-refractivity contribution < 1.29 is 14.3 Å². The fourth-order valence-corrected chi connectivity index (χ4v) is 8.22. The Morgan fingerprint density at radius 3 is 1.53 bits per heavy atom. The summed E-state index contributed by atoms with van der Waals surface area (Å²) < 4.78 is 9.43. The van der Waals surface area contributed by atoms with Gasteiger partial charge in [0.2, 0.25) is 0 Å². The van der Waals surface area contributed by atoms with Gasteiger partial charge in [-0.15, -0.1) is 0 Å². The molecule has 0 saturated carbocycles. The molecule has 90 valence electrons. The number of rotatable bonds is 3. The second-order valence-electron chi connectivity index (χ2n) is 2.58. The van der Waals surface area contributed by atoms with E-state index in [-0.39, 0.29) is -1.13 Å². The summed E-state index contributed by atoms with van der Waals surface area (Å²) in [5, 5.41) is 0. The van der Waals surface area contributed by atoms with Crippen molar-refractivity contribution in [3.05, 3.63) is 0 Å². The SMILES string of the molecule is COC(=O)OC(C)(C(I)(I)I)C(I)(I)I. The van der Waals surface area contributed by atoms with Crippen LogP contribution in [0.5, 0.6) is 0 Å². The van der Waals surface area contributed by atoms with Crippen LogP contribution in [0.25, 0.3) is 0 Å². The van der Waals surface area contributed by atoms with E-state index in [9.17, 15) is 4.79 Å². The quantitative estimate of drug-likeness (QED) is 0.215. The molecule has 0 spiro atoms. The van der Waals surface area contributed by atoms with Gasteiger partial charge in [-0.25, -0.2) is 4.79 Å². The topological polar surface area (TPSA) is 35.5 Å². The molecule has 0 fully saturated rings. The Bertz CT molecular complexity index is 228. The van der Waals surface area contributed by atoms with E-state index in [0.717, 1.165) is 0 Å². The maximum atomic E-state index is 11.3. The minimum Gasteiger partial charge on any atom is -0.438 e. The summed E-state index contributed by atoms with van der Waals surface area (Å²) in [4.78, 5) is 11.3. The fourth-order valence-electron chi connectivity index (χ4n) is 0.485. The molecular weight excluding hydrogens is 881 g/mol. The van der Waals surface area contributed by atoms with Crippen molar-refractivity contribution in [1.29, 1.82) is 0 Å². The molecule has 0 bridgehead atoms. The first-order valence-corrected chi connectivity index (χ1v) is 9.83. The molecule has 0 N–H and O–H groups in total. The van der Waals surface area contributed by atoms with Gasteiger partial charge in [0.25, 0.3) is 0 Å². The van der Waals surface area contributed by atoms with Crippen LogP contribution in [0.2, 0.25) is 0 Å². The number of alkyl halides is 6. The molecule has 0 amide bonds. The van der Waals surface area contributed by atoms with Crippen LogP contribution in [-0.2, 0) is 9.47 Å². The van der Waals surface area contributed by atoms with Crippen LogP contribution in [-0.4, -0.2) is 17.7 Å². The molecule has 3 nitrogen and oxygen atoms in total. The van der Waals surface area contributed by atoms with E-state index in [2.05, 4.69) is 140 Å². The second-order valence-corrected chi connectivity index (χ2v) is 24.7. The molecule has 0 atom stereocenters. The van der Waals surface area contributed by atoms with Gasteiger partial charge < -0.3 is 9.47 Å². The van der Waals surface area contributed by atoms with Gasteiger partial charge in [-0.3, -0.25) is 0 Å². The van der Waals surface area contributed by atoms with Gasteiger partial charge in [0.15, 0.2) is 4.47 Å². The molecule has 0 aromatic heterocycles. The van der Waals surface area contributed by atoms with Gasteiger partial charge in [0.05, 0.1) is 7.11 Å². The van der Waals surface area contributed by atoms with Gasteiger partial charge in [-0.1, -0.05) is 136 Å². The Kier molecular flexibility index (Phi) is 8.57. The molecule has 0 saturated heterocycles. The Morgan fingerprint density at radius 1 is 1.00 bits per heavy atom. The average Bonchev–Trinajstić information content (AvgIpc) is 1.99. The third-order valence-electron chi connectivity index (χ3n) is 1.54. The van der Waals surface area contributed by atoms with Crippen molar-refractivity contribution >= 4 is 142 Å². The Hall–Kier alpha value is 3.65. The summed E-state index contributed by atoms with van der Waals surface area (Å²) in [6.07, 6.45) is -0.652. The highest BCUT2D eigenvalue weighted by Gasteiger charge is 2.58. The zero-order chi connectivity index (χ0) is 12.5. The van der Waals surface area contributed by atoms with E-state index in [1.807, 2.05) is 6.92 Å². The second kappa shape index (κ2) is 6.89. The first-order valence-electron chi connectivity index (χ1n) is 3.36. The summed E-state index contributed by atoms with van der Waals surface area (Å²) in [7, 11) is 1.31. The lowest BCUT2D eigenvalue weighted by molar-refractivity contribution is 0.00395. The van der Waals surface area contributed by atoms with Crippen LogP contribution < -0.4 is 0 Å². The first-order chi connectivity index (χ1) is 6.45. The average molecular weight is 888 g/mol. The predicted octanol–water partition coefficient (Wildman–Crippen LogP) is 5.45. The van der Waals surface area contributed by atoms with Gasteiger partial charge >= 0.3 is 6.16 Å². The van der Waals surface area contributed by atoms with Gasteiger partial charge in [0.1, 0.15) is 0 Å². The van der Waals surface area contributed by atoms with Crippen molar-refractivity contribution in [1.82, 2.24) is 0 Å². The summed E-state index contributed by atoms with van der Waals surface area (Å²) in [5.41, 5.74) is -0.656. The van der Waals surface area contributed by atoms with Crippen LogP contribution in [0.3, 0.4) is 0 Å². The monoisotopic (exact) mass is 887 g/mol. The lowest BCUT2D eigenvalue weighted by atomic mass is 10.2. The maximum absolute atomic E-state index is 11.3. The lowest BCUT2D eigenvalue weighted by Crippen LogP contribution is -2.52. The molecule has 15 heavy (non-hydrogen) atoms. The van der Waals surface area contributed by atoms with E-state index >= 15 is 0 Å². The number of hydrogen-bond acceptors (Lipinski definition) is 3. The van der Waals surface area contributed by atoms with E-state index in [4.69, 9.17) is 4.74 Å². The van der Waals surface area contributed by atoms with Crippen molar-refractivity contribution in [2.45, 2.75) is 11.4 Å². The maximum Gasteiger partial charge on any atom is 0.508 e. The zero-order valence-corrected chi connectivity index (χ0v) is 20.4. The number of carbonyl (C=O) groups is 1. The summed E-state index contributed by atoms with van der Waals surface area (Å²) >= 11 is 13.5. The number of methoxy groups -OCH3 is 1. The molecule has 0 aliphatic carbocycles. The van der Waals surface area contributed by atoms with Crippen LogP contribution >= 0.6 is 136 Å². The number of hydrogen-bond donors (Lipinski definition) is 0.